The van der Waals surface area contributed by atoms with E-state index in [-0.39, 0.29) is 24.2 Å². The normalized spacial score (nSPS) is 18.7. The van der Waals surface area contributed by atoms with E-state index in [1.807, 2.05) is 18.2 Å². The Balaban J connectivity index is 1.35. The summed E-state index contributed by atoms with van der Waals surface area (Å²) in [6, 6.07) is 16.5. The van der Waals surface area contributed by atoms with Crippen molar-refractivity contribution in [3.63, 3.8) is 0 Å². The van der Waals surface area contributed by atoms with Gasteiger partial charge in [0.2, 0.25) is 0 Å². The number of rotatable bonds is 7. The molecule has 0 spiro atoms. The lowest BCUT2D eigenvalue weighted by Gasteiger charge is -2.28. The molecule has 0 radical (unpaired) electrons. The van der Waals surface area contributed by atoms with Crippen molar-refractivity contribution in [1.29, 1.82) is 0 Å². The zero-order chi connectivity index (χ0) is 20.3. The van der Waals surface area contributed by atoms with Crippen LogP contribution in [0.15, 0.2) is 48.5 Å². The molecule has 2 aromatic rings. The number of hydrogen-bond acceptors (Lipinski definition) is 4. The molecule has 1 fully saturated rings. The molecule has 154 valence electrons. The number of carbonyl (C=O) groups is 1. The third-order valence-corrected chi connectivity index (χ3v) is 5.67. The van der Waals surface area contributed by atoms with Crippen LogP contribution in [-0.4, -0.2) is 42.6 Å². The van der Waals surface area contributed by atoms with Gasteiger partial charge < -0.3 is 14.8 Å². The van der Waals surface area contributed by atoms with Gasteiger partial charge in [0.25, 0.3) is 5.91 Å². The molecular formula is C24H30N2O3. The molecule has 2 heterocycles. The summed E-state index contributed by atoms with van der Waals surface area (Å²) >= 11 is 0. The summed E-state index contributed by atoms with van der Waals surface area (Å²) in [4.78, 5) is 15.0. The highest BCUT2D eigenvalue weighted by Gasteiger charge is 2.32. The Morgan fingerprint density at radius 3 is 2.66 bits per heavy atom. The summed E-state index contributed by atoms with van der Waals surface area (Å²) in [5, 5.41) is 3.07. The molecule has 5 nitrogen and oxygen atoms in total. The van der Waals surface area contributed by atoms with Gasteiger partial charge in [0.1, 0.15) is 5.60 Å². The zero-order valence-electron chi connectivity index (χ0n) is 17.3. The fourth-order valence-electron chi connectivity index (χ4n) is 4.29. The van der Waals surface area contributed by atoms with Crippen LogP contribution < -0.4 is 14.8 Å². The first kappa shape index (κ1) is 19.8. The van der Waals surface area contributed by atoms with Crippen molar-refractivity contribution in [1.82, 2.24) is 10.2 Å². The van der Waals surface area contributed by atoms with E-state index >= 15 is 0 Å². The molecule has 0 bridgehead atoms. The van der Waals surface area contributed by atoms with Crippen molar-refractivity contribution >= 4 is 5.91 Å². The topological polar surface area (TPSA) is 50.8 Å². The fraction of sp³-hybridized carbons (Fsp3) is 0.458. The average Bonchev–Trinajstić information content (AvgIpc) is 3.34. The Bertz CT molecular complexity index is 844. The van der Waals surface area contributed by atoms with E-state index in [0.29, 0.717) is 12.3 Å². The van der Waals surface area contributed by atoms with Gasteiger partial charge >= 0.3 is 0 Å². The van der Waals surface area contributed by atoms with Crippen LogP contribution in [0.4, 0.5) is 0 Å². The predicted molar refractivity (Wildman–Crippen MR) is 113 cm³/mol. The number of para-hydroxylation sites is 1. The molecule has 1 amide bonds. The molecule has 5 heteroatoms. The highest BCUT2D eigenvalue weighted by Crippen LogP contribution is 2.41. The molecule has 1 atom stereocenters. The van der Waals surface area contributed by atoms with Crippen LogP contribution in [0, 0.1) is 0 Å². The van der Waals surface area contributed by atoms with E-state index in [1.54, 1.807) is 0 Å². The minimum absolute atomic E-state index is 0.0122. The van der Waals surface area contributed by atoms with Gasteiger partial charge in [-0.05, 0) is 51.4 Å². The summed E-state index contributed by atoms with van der Waals surface area (Å²) < 4.78 is 11.8. The van der Waals surface area contributed by atoms with Crippen LogP contribution in [0.5, 0.6) is 11.5 Å². The van der Waals surface area contributed by atoms with Crippen molar-refractivity contribution in [2.24, 2.45) is 0 Å². The predicted octanol–water partition coefficient (Wildman–Crippen LogP) is 3.73. The van der Waals surface area contributed by atoms with Crippen molar-refractivity contribution in [3.05, 3.63) is 59.7 Å². The zero-order valence-corrected chi connectivity index (χ0v) is 17.3. The SMILES string of the molecule is CC1(C)Cc2cccc(OCC(=O)NCC(c3ccccc3)N3CCCC3)c2O1. The van der Waals surface area contributed by atoms with E-state index in [9.17, 15) is 4.79 Å². The summed E-state index contributed by atoms with van der Waals surface area (Å²) in [6.07, 6.45) is 3.28. The Kier molecular flexibility index (Phi) is 5.76. The van der Waals surface area contributed by atoms with E-state index in [4.69, 9.17) is 9.47 Å². The first-order valence-corrected chi connectivity index (χ1v) is 10.5. The number of benzene rings is 2. The highest BCUT2D eigenvalue weighted by molar-refractivity contribution is 5.77. The Morgan fingerprint density at radius 1 is 1.14 bits per heavy atom. The van der Waals surface area contributed by atoms with Crippen LogP contribution in [0.2, 0.25) is 0 Å². The monoisotopic (exact) mass is 394 g/mol. The fourth-order valence-corrected chi connectivity index (χ4v) is 4.29. The minimum Gasteiger partial charge on any atom is -0.483 e. The highest BCUT2D eigenvalue weighted by atomic mass is 16.5. The standard InChI is InChI=1S/C24H30N2O3/c1-24(2)15-19-11-8-12-21(23(19)29-24)28-17-22(27)25-16-20(26-13-6-7-14-26)18-9-4-3-5-10-18/h3-5,8-12,20H,6-7,13-17H2,1-2H3,(H,25,27). The number of carbonyl (C=O) groups excluding carboxylic acids is 1. The largest absolute Gasteiger partial charge is 0.483 e. The lowest BCUT2D eigenvalue weighted by molar-refractivity contribution is -0.123. The molecule has 2 aliphatic rings. The second-order valence-corrected chi connectivity index (χ2v) is 8.55. The van der Waals surface area contributed by atoms with Gasteiger partial charge in [-0.15, -0.1) is 0 Å². The third kappa shape index (κ3) is 4.73. The van der Waals surface area contributed by atoms with E-state index in [2.05, 4.69) is 54.4 Å². The quantitative estimate of drug-likeness (QED) is 0.777. The van der Waals surface area contributed by atoms with E-state index in [0.717, 1.165) is 30.8 Å². The summed E-state index contributed by atoms with van der Waals surface area (Å²) in [5.41, 5.74) is 2.14. The van der Waals surface area contributed by atoms with Crippen LogP contribution in [0.25, 0.3) is 0 Å². The molecule has 29 heavy (non-hydrogen) atoms. The smallest absolute Gasteiger partial charge is 0.258 e. The summed E-state index contributed by atoms with van der Waals surface area (Å²) in [7, 11) is 0. The van der Waals surface area contributed by atoms with Crippen molar-refractivity contribution < 1.29 is 14.3 Å². The van der Waals surface area contributed by atoms with Crippen LogP contribution in [0.3, 0.4) is 0 Å². The Hall–Kier alpha value is -2.53. The van der Waals surface area contributed by atoms with Crippen molar-refractivity contribution in [2.75, 3.05) is 26.2 Å². The maximum atomic E-state index is 12.5. The Morgan fingerprint density at radius 2 is 1.90 bits per heavy atom. The first-order valence-electron chi connectivity index (χ1n) is 10.5. The van der Waals surface area contributed by atoms with E-state index < -0.39 is 0 Å². The molecule has 2 aromatic carbocycles. The van der Waals surface area contributed by atoms with E-state index in [1.165, 1.54) is 18.4 Å². The molecule has 1 N–H and O–H groups in total. The molecule has 1 unspecified atom stereocenters. The van der Waals surface area contributed by atoms with Gasteiger partial charge in [0.15, 0.2) is 18.1 Å². The molecule has 2 aliphatic heterocycles. The first-order chi connectivity index (χ1) is 14.0. The number of amides is 1. The van der Waals surface area contributed by atoms with Crippen LogP contribution in [0.1, 0.15) is 43.9 Å². The number of ether oxygens (including phenoxy) is 2. The molecular weight excluding hydrogens is 364 g/mol. The molecule has 0 aliphatic carbocycles. The third-order valence-electron chi connectivity index (χ3n) is 5.67. The number of fused-ring (bicyclic) bond motifs is 1. The number of nitrogens with one attached hydrogen (secondary N) is 1. The number of likely N-dealkylation sites (tertiary alicyclic amines) is 1. The second-order valence-electron chi connectivity index (χ2n) is 8.55. The van der Waals surface area contributed by atoms with Crippen molar-refractivity contribution in [2.45, 2.75) is 44.8 Å². The second kappa shape index (κ2) is 8.46. The molecule has 0 aromatic heterocycles. The van der Waals surface area contributed by atoms with Gasteiger partial charge in [0.05, 0.1) is 6.04 Å². The molecule has 0 saturated carbocycles. The maximum absolute atomic E-state index is 12.5. The summed E-state index contributed by atoms with van der Waals surface area (Å²) in [5.74, 6) is 1.30. The number of nitrogens with zero attached hydrogens (tertiary/aromatic N) is 1. The molecule has 1 saturated heterocycles. The van der Waals surface area contributed by atoms with Gasteiger partial charge in [0, 0.05) is 18.5 Å². The maximum Gasteiger partial charge on any atom is 0.258 e. The van der Waals surface area contributed by atoms with Crippen LogP contribution in [-0.2, 0) is 11.2 Å². The molecule has 4 rings (SSSR count). The van der Waals surface area contributed by atoms with Gasteiger partial charge in [-0.2, -0.15) is 0 Å². The van der Waals surface area contributed by atoms with Gasteiger partial charge in [-0.3, -0.25) is 9.69 Å². The van der Waals surface area contributed by atoms with Gasteiger partial charge in [-0.1, -0.05) is 42.5 Å². The number of hydrogen-bond donors (Lipinski definition) is 1. The summed E-state index contributed by atoms with van der Waals surface area (Å²) in [6.45, 7) is 6.85. The van der Waals surface area contributed by atoms with Crippen LogP contribution >= 0.6 is 0 Å². The average molecular weight is 395 g/mol. The lowest BCUT2D eigenvalue weighted by atomic mass is 10.0. The Labute approximate surface area is 173 Å². The van der Waals surface area contributed by atoms with Gasteiger partial charge in [-0.25, -0.2) is 0 Å². The van der Waals surface area contributed by atoms with Crippen molar-refractivity contribution in [3.8, 4) is 11.5 Å². The lowest BCUT2D eigenvalue weighted by Crippen LogP contribution is -2.38. The minimum atomic E-state index is -0.233.